The molecule has 5 nitrogen and oxygen atoms in total. The lowest BCUT2D eigenvalue weighted by atomic mass is 10.2. The van der Waals surface area contributed by atoms with Crippen LogP contribution in [-0.2, 0) is 4.79 Å². The predicted molar refractivity (Wildman–Crippen MR) is 79.5 cm³/mol. The van der Waals surface area contributed by atoms with Crippen LogP contribution < -0.4 is 16.4 Å². The first kappa shape index (κ1) is 14.5. The number of nitrogens with two attached hydrogens (primary N) is 1. The van der Waals surface area contributed by atoms with Crippen molar-refractivity contribution < 1.29 is 14.0 Å². The molecule has 0 aromatic heterocycles. The largest absolute Gasteiger partial charge is 0.395 e. The molecule has 4 N–H and O–H groups in total. The monoisotopic (exact) mass is 287 g/mol. The van der Waals surface area contributed by atoms with Gasteiger partial charge in [0.05, 0.1) is 11.4 Å². The van der Waals surface area contributed by atoms with Gasteiger partial charge in [-0.3, -0.25) is 9.59 Å². The van der Waals surface area contributed by atoms with Gasteiger partial charge in [0.2, 0.25) is 5.91 Å². The zero-order valence-electron chi connectivity index (χ0n) is 11.3. The molecule has 0 bridgehead atoms. The van der Waals surface area contributed by atoms with Crippen LogP contribution >= 0.6 is 0 Å². The molecular weight excluding hydrogens is 273 g/mol. The highest BCUT2D eigenvalue weighted by molar-refractivity contribution is 6.06. The molecule has 2 amide bonds. The van der Waals surface area contributed by atoms with Crippen molar-refractivity contribution in [1.29, 1.82) is 0 Å². The normalized spacial score (nSPS) is 10.0. The van der Waals surface area contributed by atoms with E-state index in [4.69, 9.17) is 5.73 Å². The first-order valence-electron chi connectivity index (χ1n) is 6.20. The molecule has 0 saturated carbocycles. The maximum atomic E-state index is 13.3. The van der Waals surface area contributed by atoms with Gasteiger partial charge in [-0.2, -0.15) is 0 Å². The van der Waals surface area contributed by atoms with Crippen LogP contribution in [-0.4, -0.2) is 11.8 Å². The second kappa shape index (κ2) is 6.04. The molecule has 0 aliphatic heterocycles. The third-order valence-electron chi connectivity index (χ3n) is 2.77. The van der Waals surface area contributed by atoms with Crippen LogP contribution in [0.25, 0.3) is 0 Å². The van der Waals surface area contributed by atoms with E-state index in [1.54, 1.807) is 24.3 Å². The van der Waals surface area contributed by atoms with E-state index >= 15 is 0 Å². The summed E-state index contributed by atoms with van der Waals surface area (Å²) in [5.74, 6) is -1.20. The molecule has 2 rings (SSSR count). The Morgan fingerprint density at radius 3 is 2.33 bits per heavy atom. The molecule has 6 heteroatoms. The van der Waals surface area contributed by atoms with E-state index in [2.05, 4.69) is 10.6 Å². The highest BCUT2D eigenvalue weighted by atomic mass is 19.1. The third kappa shape index (κ3) is 3.56. The molecule has 0 unspecified atom stereocenters. The molecule has 2 aromatic rings. The lowest BCUT2D eigenvalue weighted by molar-refractivity contribution is -0.114. The Labute approximate surface area is 121 Å². The molecular formula is C15H14FN3O2. The summed E-state index contributed by atoms with van der Waals surface area (Å²) in [6, 6.07) is 10.5. The number of rotatable bonds is 3. The number of benzene rings is 2. The van der Waals surface area contributed by atoms with Gasteiger partial charge < -0.3 is 16.4 Å². The van der Waals surface area contributed by atoms with Crippen LogP contribution in [0.5, 0.6) is 0 Å². The summed E-state index contributed by atoms with van der Waals surface area (Å²) >= 11 is 0. The summed E-state index contributed by atoms with van der Waals surface area (Å²) in [5.41, 5.74) is 6.61. The summed E-state index contributed by atoms with van der Waals surface area (Å²) in [7, 11) is 0. The third-order valence-corrected chi connectivity index (χ3v) is 2.77. The van der Waals surface area contributed by atoms with Crippen LogP contribution in [0.15, 0.2) is 42.5 Å². The zero-order valence-corrected chi connectivity index (χ0v) is 11.3. The minimum Gasteiger partial charge on any atom is -0.395 e. The molecule has 0 heterocycles. The van der Waals surface area contributed by atoms with E-state index in [9.17, 15) is 14.0 Å². The van der Waals surface area contributed by atoms with Gasteiger partial charge in [0.15, 0.2) is 0 Å². The first-order chi connectivity index (χ1) is 9.97. The standard InChI is InChI=1S/C15H14FN3O2/c1-9(20)18-11-7-5-10(6-8-11)15(21)19-13-4-2-3-12(16)14(13)17/h2-8H,17H2,1H3,(H,18,20)(H,19,21). The maximum absolute atomic E-state index is 13.3. The van der Waals surface area contributed by atoms with Crippen LogP contribution in [0.1, 0.15) is 17.3 Å². The van der Waals surface area contributed by atoms with Crippen molar-refractivity contribution >= 4 is 28.9 Å². The van der Waals surface area contributed by atoms with Crippen LogP contribution in [0, 0.1) is 5.82 Å². The van der Waals surface area contributed by atoms with Gasteiger partial charge in [0.1, 0.15) is 5.82 Å². The fourth-order valence-corrected chi connectivity index (χ4v) is 1.75. The molecule has 0 atom stereocenters. The fourth-order valence-electron chi connectivity index (χ4n) is 1.75. The highest BCUT2D eigenvalue weighted by Gasteiger charge is 2.10. The Morgan fingerprint density at radius 2 is 1.71 bits per heavy atom. The van der Waals surface area contributed by atoms with Crippen molar-refractivity contribution in [2.45, 2.75) is 6.92 Å². The van der Waals surface area contributed by atoms with E-state index in [0.29, 0.717) is 11.3 Å². The molecule has 21 heavy (non-hydrogen) atoms. The number of hydrogen-bond donors (Lipinski definition) is 3. The van der Waals surface area contributed by atoms with Crippen LogP contribution in [0.4, 0.5) is 21.5 Å². The van der Waals surface area contributed by atoms with Gasteiger partial charge in [0, 0.05) is 18.2 Å². The number of nitrogen functional groups attached to an aromatic ring is 1. The number of para-hydroxylation sites is 1. The first-order valence-corrected chi connectivity index (χ1v) is 6.20. The molecule has 0 saturated heterocycles. The second-order valence-electron chi connectivity index (χ2n) is 4.41. The number of carbonyl (C=O) groups excluding carboxylic acids is 2. The minimum absolute atomic E-state index is 0.110. The van der Waals surface area contributed by atoms with Gasteiger partial charge >= 0.3 is 0 Å². The SMILES string of the molecule is CC(=O)Nc1ccc(C(=O)Nc2cccc(F)c2N)cc1. The lowest BCUT2D eigenvalue weighted by Crippen LogP contribution is -2.14. The van der Waals surface area contributed by atoms with Gasteiger partial charge in [-0.25, -0.2) is 4.39 Å². The van der Waals surface area contributed by atoms with E-state index < -0.39 is 11.7 Å². The second-order valence-corrected chi connectivity index (χ2v) is 4.41. The quantitative estimate of drug-likeness (QED) is 0.759. The Hall–Kier alpha value is -2.89. The van der Waals surface area contributed by atoms with Gasteiger partial charge in [-0.15, -0.1) is 0 Å². The zero-order chi connectivity index (χ0) is 15.4. The molecule has 0 fully saturated rings. The topological polar surface area (TPSA) is 84.2 Å². The number of hydrogen-bond acceptors (Lipinski definition) is 3. The summed E-state index contributed by atoms with van der Waals surface area (Å²) in [4.78, 5) is 22.9. The van der Waals surface area contributed by atoms with Gasteiger partial charge in [-0.05, 0) is 36.4 Å². The number of anilines is 3. The summed E-state index contributed by atoms with van der Waals surface area (Å²) in [6.45, 7) is 1.40. The lowest BCUT2D eigenvalue weighted by Gasteiger charge is -2.09. The average Bonchev–Trinajstić information content (AvgIpc) is 2.44. The fraction of sp³-hybridized carbons (Fsp3) is 0.0667. The minimum atomic E-state index is -0.589. The predicted octanol–water partition coefficient (Wildman–Crippen LogP) is 2.62. The molecule has 0 aliphatic carbocycles. The summed E-state index contributed by atoms with van der Waals surface area (Å²) in [5, 5.41) is 5.13. The summed E-state index contributed by atoms with van der Waals surface area (Å²) in [6.07, 6.45) is 0. The van der Waals surface area contributed by atoms with Crippen molar-refractivity contribution in [3.8, 4) is 0 Å². The van der Waals surface area contributed by atoms with Crippen molar-refractivity contribution in [2.75, 3.05) is 16.4 Å². The van der Waals surface area contributed by atoms with E-state index in [1.807, 2.05) is 0 Å². The Balaban J connectivity index is 2.13. The number of halogens is 1. The van der Waals surface area contributed by atoms with E-state index in [0.717, 1.165) is 0 Å². The Bertz CT molecular complexity index is 684. The molecule has 0 radical (unpaired) electrons. The van der Waals surface area contributed by atoms with Crippen molar-refractivity contribution in [3.05, 3.63) is 53.8 Å². The Kier molecular flexibility index (Phi) is 4.18. The van der Waals surface area contributed by atoms with Crippen molar-refractivity contribution in [2.24, 2.45) is 0 Å². The van der Waals surface area contributed by atoms with Crippen LogP contribution in [0.2, 0.25) is 0 Å². The van der Waals surface area contributed by atoms with E-state index in [-0.39, 0.29) is 17.3 Å². The van der Waals surface area contributed by atoms with Gasteiger partial charge in [-0.1, -0.05) is 6.07 Å². The molecule has 0 spiro atoms. The number of nitrogens with one attached hydrogen (secondary N) is 2. The van der Waals surface area contributed by atoms with Crippen molar-refractivity contribution in [3.63, 3.8) is 0 Å². The molecule has 108 valence electrons. The Morgan fingerprint density at radius 1 is 1.05 bits per heavy atom. The smallest absolute Gasteiger partial charge is 0.255 e. The number of carbonyl (C=O) groups is 2. The highest BCUT2D eigenvalue weighted by Crippen LogP contribution is 2.22. The van der Waals surface area contributed by atoms with Gasteiger partial charge in [0.25, 0.3) is 5.91 Å². The summed E-state index contributed by atoms with van der Waals surface area (Å²) < 4.78 is 13.3. The molecule has 2 aromatic carbocycles. The van der Waals surface area contributed by atoms with Crippen molar-refractivity contribution in [1.82, 2.24) is 0 Å². The molecule has 0 aliphatic rings. The average molecular weight is 287 g/mol. The van der Waals surface area contributed by atoms with Crippen LogP contribution in [0.3, 0.4) is 0 Å². The maximum Gasteiger partial charge on any atom is 0.255 e. The van der Waals surface area contributed by atoms with E-state index in [1.165, 1.54) is 25.1 Å². The number of amides is 2.